The highest BCUT2D eigenvalue weighted by Crippen LogP contribution is 2.21. The number of rotatable bonds is 4. The molecule has 2 aromatic rings. The van der Waals surface area contributed by atoms with Gasteiger partial charge in [0.05, 0.1) is 5.02 Å². The number of aromatic nitrogens is 1. The normalized spacial score (nSPS) is 11.8. The molecule has 0 aliphatic carbocycles. The summed E-state index contributed by atoms with van der Waals surface area (Å²) < 4.78 is 5.35. The quantitative estimate of drug-likeness (QED) is 0.921. The second-order valence-corrected chi connectivity index (χ2v) is 4.00. The van der Waals surface area contributed by atoms with Crippen LogP contribution < -0.4 is 4.74 Å². The van der Waals surface area contributed by atoms with Gasteiger partial charge in [0.15, 0.2) is 0 Å². The zero-order chi connectivity index (χ0) is 13.0. The molecule has 0 amide bonds. The molecule has 1 aromatic carbocycles. The van der Waals surface area contributed by atoms with E-state index < -0.39 is 12.1 Å². The minimum atomic E-state index is -1.08. The zero-order valence-electron chi connectivity index (χ0n) is 9.29. The van der Waals surface area contributed by atoms with Crippen LogP contribution in [0.2, 0.25) is 5.02 Å². The van der Waals surface area contributed by atoms with E-state index >= 15 is 0 Å². The summed E-state index contributed by atoms with van der Waals surface area (Å²) in [4.78, 5) is 15.1. The van der Waals surface area contributed by atoms with Crippen LogP contribution >= 0.6 is 11.6 Å². The van der Waals surface area contributed by atoms with E-state index in [9.17, 15) is 4.79 Å². The Morgan fingerprint density at radius 3 is 2.50 bits per heavy atom. The smallest absolute Gasteiger partial charge is 0.349 e. The Morgan fingerprint density at radius 2 is 1.94 bits per heavy atom. The van der Waals surface area contributed by atoms with Crippen molar-refractivity contribution in [2.24, 2.45) is 0 Å². The highest BCUT2D eigenvalue weighted by atomic mass is 35.5. The van der Waals surface area contributed by atoms with E-state index in [-0.39, 0.29) is 5.88 Å². The average Bonchev–Trinajstić information content (AvgIpc) is 2.38. The minimum Gasteiger partial charge on any atom is -0.478 e. The van der Waals surface area contributed by atoms with Crippen LogP contribution in [0, 0.1) is 0 Å². The summed E-state index contributed by atoms with van der Waals surface area (Å²) in [5, 5.41) is 9.63. The van der Waals surface area contributed by atoms with Gasteiger partial charge in [-0.25, -0.2) is 9.78 Å². The molecule has 1 unspecified atom stereocenters. The molecule has 0 fully saturated rings. The fraction of sp³-hybridized carbons (Fsp3) is 0.0769. The first-order valence-electron chi connectivity index (χ1n) is 5.23. The van der Waals surface area contributed by atoms with Crippen LogP contribution in [0.4, 0.5) is 0 Å². The van der Waals surface area contributed by atoms with Gasteiger partial charge in [-0.1, -0.05) is 41.9 Å². The third kappa shape index (κ3) is 2.99. The molecule has 1 N–H and O–H groups in total. The van der Waals surface area contributed by atoms with Crippen molar-refractivity contribution >= 4 is 17.6 Å². The van der Waals surface area contributed by atoms with Crippen molar-refractivity contribution in [1.29, 1.82) is 0 Å². The summed E-state index contributed by atoms with van der Waals surface area (Å²) in [7, 11) is 0. The van der Waals surface area contributed by atoms with Crippen molar-refractivity contribution < 1.29 is 14.6 Å². The van der Waals surface area contributed by atoms with Crippen LogP contribution in [0.1, 0.15) is 11.7 Å². The van der Waals surface area contributed by atoms with Gasteiger partial charge in [-0.2, -0.15) is 0 Å². The maximum absolute atomic E-state index is 11.2. The van der Waals surface area contributed by atoms with Crippen molar-refractivity contribution in [2.75, 3.05) is 0 Å². The van der Waals surface area contributed by atoms with Gasteiger partial charge in [0.1, 0.15) is 0 Å². The van der Waals surface area contributed by atoms with Crippen LogP contribution in [0.5, 0.6) is 5.88 Å². The van der Waals surface area contributed by atoms with Gasteiger partial charge in [0.25, 0.3) is 0 Å². The van der Waals surface area contributed by atoms with Gasteiger partial charge >= 0.3 is 5.97 Å². The summed E-state index contributed by atoms with van der Waals surface area (Å²) in [6.45, 7) is 0. The van der Waals surface area contributed by atoms with E-state index in [0.717, 1.165) is 0 Å². The Bertz CT molecular complexity index is 528. The maximum Gasteiger partial charge on any atom is 0.349 e. The predicted octanol–water partition coefficient (Wildman–Crippen LogP) is 2.94. The van der Waals surface area contributed by atoms with E-state index in [2.05, 4.69) is 4.98 Å². The van der Waals surface area contributed by atoms with Crippen molar-refractivity contribution in [3.63, 3.8) is 0 Å². The number of nitrogens with zero attached hydrogens (tertiary/aromatic N) is 1. The minimum absolute atomic E-state index is 0.218. The summed E-state index contributed by atoms with van der Waals surface area (Å²) in [6.07, 6.45) is 0.320. The number of carboxylic acids is 1. The fourth-order valence-corrected chi connectivity index (χ4v) is 1.55. The topological polar surface area (TPSA) is 59.4 Å². The first-order valence-corrected chi connectivity index (χ1v) is 5.60. The third-order valence-corrected chi connectivity index (χ3v) is 2.49. The van der Waals surface area contributed by atoms with Crippen LogP contribution in [0.3, 0.4) is 0 Å². The molecule has 2 rings (SSSR count). The zero-order valence-corrected chi connectivity index (χ0v) is 10.0. The van der Waals surface area contributed by atoms with Gasteiger partial charge in [-0.05, 0) is 6.07 Å². The number of aliphatic carboxylic acids is 1. The second-order valence-electron chi connectivity index (χ2n) is 3.56. The first-order chi connectivity index (χ1) is 8.66. The number of carboxylic acid groups (broad SMARTS) is 1. The monoisotopic (exact) mass is 263 g/mol. The van der Waals surface area contributed by atoms with E-state index in [1.54, 1.807) is 30.3 Å². The average molecular weight is 264 g/mol. The Balaban J connectivity index is 2.22. The van der Waals surface area contributed by atoms with Crippen LogP contribution in [-0.4, -0.2) is 16.1 Å². The Labute approximate surface area is 109 Å². The summed E-state index contributed by atoms with van der Waals surface area (Å²) in [5.74, 6) is -0.853. The predicted molar refractivity (Wildman–Crippen MR) is 66.7 cm³/mol. The first kappa shape index (κ1) is 12.4. The molecule has 1 heterocycles. The molecule has 4 nitrogen and oxygen atoms in total. The molecule has 1 aromatic heterocycles. The molecular weight excluding hydrogens is 254 g/mol. The van der Waals surface area contributed by atoms with Crippen LogP contribution in [0.25, 0.3) is 0 Å². The Kier molecular flexibility index (Phi) is 3.79. The molecule has 18 heavy (non-hydrogen) atoms. The lowest BCUT2D eigenvalue weighted by atomic mass is 10.1. The molecule has 0 aliphatic rings. The maximum atomic E-state index is 11.2. The van der Waals surface area contributed by atoms with E-state index in [0.29, 0.717) is 10.6 Å². The lowest BCUT2D eigenvalue weighted by molar-refractivity contribution is -0.145. The number of hydrogen-bond donors (Lipinski definition) is 1. The number of halogens is 1. The lowest BCUT2D eigenvalue weighted by Crippen LogP contribution is -2.18. The molecule has 5 heteroatoms. The standard InChI is InChI=1S/C13H10ClNO3/c14-10-6-7-11(15-8-10)18-12(13(16)17)9-4-2-1-3-5-9/h1-8,12H,(H,16,17). The van der Waals surface area contributed by atoms with E-state index in [1.807, 2.05) is 6.07 Å². The summed E-state index contributed by atoms with van der Waals surface area (Å²) in [5.41, 5.74) is 0.557. The van der Waals surface area contributed by atoms with Gasteiger partial charge in [-0.3, -0.25) is 0 Å². The van der Waals surface area contributed by atoms with Crippen molar-refractivity contribution in [3.8, 4) is 5.88 Å². The van der Waals surface area contributed by atoms with Crippen LogP contribution in [0.15, 0.2) is 48.7 Å². The largest absolute Gasteiger partial charge is 0.478 e. The summed E-state index contributed by atoms with van der Waals surface area (Å²) >= 11 is 5.69. The SMILES string of the molecule is O=C(O)C(Oc1ccc(Cl)cn1)c1ccccc1. The van der Waals surface area contributed by atoms with Gasteiger partial charge < -0.3 is 9.84 Å². The number of hydrogen-bond acceptors (Lipinski definition) is 3. The Morgan fingerprint density at radius 1 is 1.22 bits per heavy atom. The Hall–Kier alpha value is -2.07. The van der Waals surface area contributed by atoms with Crippen molar-refractivity contribution in [3.05, 3.63) is 59.2 Å². The highest BCUT2D eigenvalue weighted by Gasteiger charge is 2.21. The molecule has 92 valence electrons. The third-order valence-electron chi connectivity index (χ3n) is 2.27. The molecule has 0 bridgehead atoms. The molecule has 0 saturated carbocycles. The van der Waals surface area contributed by atoms with E-state index in [1.165, 1.54) is 12.3 Å². The summed E-state index contributed by atoms with van der Waals surface area (Å²) in [6, 6.07) is 11.8. The van der Waals surface area contributed by atoms with Gasteiger partial charge in [0, 0.05) is 17.8 Å². The molecular formula is C13H10ClNO3. The molecule has 0 spiro atoms. The van der Waals surface area contributed by atoms with Gasteiger partial charge in [-0.15, -0.1) is 0 Å². The number of carbonyl (C=O) groups is 1. The lowest BCUT2D eigenvalue weighted by Gasteiger charge is -2.14. The van der Waals surface area contributed by atoms with Gasteiger partial charge in [0.2, 0.25) is 12.0 Å². The van der Waals surface area contributed by atoms with Crippen LogP contribution in [-0.2, 0) is 4.79 Å². The van der Waals surface area contributed by atoms with Crippen molar-refractivity contribution in [1.82, 2.24) is 4.98 Å². The highest BCUT2D eigenvalue weighted by molar-refractivity contribution is 6.30. The molecule has 0 saturated heterocycles. The number of benzene rings is 1. The number of pyridine rings is 1. The second kappa shape index (κ2) is 5.51. The molecule has 0 aliphatic heterocycles. The van der Waals surface area contributed by atoms with Crippen molar-refractivity contribution in [2.45, 2.75) is 6.10 Å². The van der Waals surface area contributed by atoms with E-state index in [4.69, 9.17) is 21.4 Å². The molecule has 0 radical (unpaired) electrons. The number of ether oxygens (including phenoxy) is 1. The molecule has 1 atom stereocenters. The fourth-order valence-electron chi connectivity index (χ4n) is 1.44.